The summed E-state index contributed by atoms with van der Waals surface area (Å²) in [5.74, 6) is 1.20. The van der Waals surface area contributed by atoms with Crippen molar-refractivity contribution in [3.05, 3.63) is 12.4 Å². The van der Waals surface area contributed by atoms with Crippen LogP contribution in [-0.2, 0) is 11.3 Å². The second-order valence-corrected chi connectivity index (χ2v) is 2.35. The summed E-state index contributed by atoms with van der Waals surface area (Å²) in [6, 6.07) is 0. The van der Waals surface area contributed by atoms with Gasteiger partial charge in [0, 0.05) is 13.0 Å². The molecule has 0 aromatic carbocycles. The number of hydrogen-bond acceptors (Lipinski definition) is 4. The summed E-state index contributed by atoms with van der Waals surface area (Å²) in [4.78, 5) is 0. The van der Waals surface area contributed by atoms with Crippen molar-refractivity contribution in [2.75, 3.05) is 6.61 Å². The minimum absolute atomic E-state index is 0.562. The Hall–Kier alpha value is -1.39. The number of hydrogen-bond donors (Lipinski definition) is 0. The Morgan fingerprint density at radius 2 is 2.45 bits per heavy atom. The number of ether oxygens (including phenoxy) is 1. The van der Waals surface area contributed by atoms with Crippen molar-refractivity contribution in [2.24, 2.45) is 0 Å². The van der Waals surface area contributed by atoms with E-state index in [4.69, 9.17) is 4.74 Å². The van der Waals surface area contributed by atoms with E-state index in [1.807, 2.05) is 0 Å². The van der Waals surface area contributed by atoms with Crippen molar-refractivity contribution in [1.29, 1.82) is 0 Å². The van der Waals surface area contributed by atoms with E-state index in [1.54, 1.807) is 4.68 Å². The summed E-state index contributed by atoms with van der Waals surface area (Å²) in [5, 5.41) is 11.1. The lowest BCUT2D eigenvalue weighted by Gasteiger charge is -1.99. The maximum atomic E-state index is 5.23. The molecule has 2 rings (SSSR count). The first-order valence-corrected chi connectivity index (χ1v) is 3.46. The average Bonchev–Trinajstić information content (AvgIpc) is 2.40. The van der Waals surface area contributed by atoms with E-state index in [0.717, 1.165) is 13.0 Å². The van der Waals surface area contributed by atoms with Gasteiger partial charge in [0.15, 0.2) is 5.76 Å². The summed E-state index contributed by atoms with van der Waals surface area (Å²) in [6.07, 6.45) is 0.928. The normalized spacial score (nSPS) is 16.9. The molecule has 0 radical (unpaired) electrons. The van der Waals surface area contributed by atoms with Crippen LogP contribution in [0.2, 0.25) is 0 Å². The summed E-state index contributed by atoms with van der Waals surface area (Å²) in [6.45, 7) is 5.19. The van der Waals surface area contributed by atoms with Crippen molar-refractivity contribution >= 4 is 5.76 Å². The van der Waals surface area contributed by atoms with Crippen LogP contribution in [0.15, 0.2) is 6.58 Å². The van der Waals surface area contributed by atoms with Gasteiger partial charge in [-0.15, -0.1) is 5.10 Å². The SMILES string of the molecule is C=C1OCCCn2nnnc21. The number of fused-ring (bicyclic) bond motifs is 1. The molecule has 0 saturated carbocycles. The van der Waals surface area contributed by atoms with Crippen LogP contribution in [0, 0.1) is 0 Å². The molecule has 0 aliphatic carbocycles. The van der Waals surface area contributed by atoms with Crippen LogP contribution in [0.3, 0.4) is 0 Å². The second kappa shape index (κ2) is 2.34. The molecule has 0 amide bonds. The summed E-state index contributed by atoms with van der Waals surface area (Å²) in [7, 11) is 0. The molecule has 1 aliphatic rings. The quantitative estimate of drug-likeness (QED) is 0.527. The van der Waals surface area contributed by atoms with Crippen molar-refractivity contribution in [3.8, 4) is 0 Å². The van der Waals surface area contributed by atoms with E-state index in [-0.39, 0.29) is 0 Å². The summed E-state index contributed by atoms with van der Waals surface area (Å²) < 4.78 is 6.93. The molecule has 5 heteroatoms. The number of rotatable bonds is 0. The molecule has 2 heterocycles. The highest BCUT2D eigenvalue weighted by molar-refractivity contribution is 5.49. The lowest BCUT2D eigenvalue weighted by atomic mass is 10.5. The average molecular weight is 152 g/mol. The van der Waals surface area contributed by atoms with Gasteiger partial charge >= 0.3 is 0 Å². The number of aromatic nitrogens is 4. The molecular formula is C6H8N4O. The van der Waals surface area contributed by atoms with Gasteiger partial charge in [-0.2, -0.15) is 0 Å². The van der Waals surface area contributed by atoms with Gasteiger partial charge < -0.3 is 4.74 Å². The van der Waals surface area contributed by atoms with Gasteiger partial charge in [-0.05, 0) is 10.4 Å². The molecule has 0 atom stereocenters. The zero-order valence-electron chi connectivity index (χ0n) is 6.03. The standard InChI is InChI=1S/C6H8N4O/c1-5-6-7-8-9-10(6)3-2-4-11-5/h1-4H2. The van der Waals surface area contributed by atoms with Crippen LogP contribution in [-0.4, -0.2) is 26.8 Å². The van der Waals surface area contributed by atoms with Gasteiger partial charge in [0.25, 0.3) is 0 Å². The smallest absolute Gasteiger partial charge is 0.216 e. The lowest BCUT2D eigenvalue weighted by Crippen LogP contribution is -2.01. The van der Waals surface area contributed by atoms with Crippen molar-refractivity contribution in [1.82, 2.24) is 20.2 Å². The van der Waals surface area contributed by atoms with Crippen molar-refractivity contribution in [2.45, 2.75) is 13.0 Å². The minimum Gasteiger partial charge on any atom is -0.490 e. The molecule has 1 aliphatic heterocycles. The summed E-state index contributed by atoms with van der Waals surface area (Å²) in [5.41, 5.74) is 0. The van der Waals surface area contributed by atoms with Crippen LogP contribution >= 0.6 is 0 Å². The highest BCUT2D eigenvalue weighted by Gasteiger charge is 2.13. The fourth-order valence-electron chi connectivity index (χ4n) is 1.03. The van der Waals surface area contributed by atoms with Crippen LogP contribution in [0.5, 0.6) is 0 Å². The third kappa shape index (κ3) is 0.978. The zero-order chi connectivity index (χ0) is 7.68. The number of nitrogens with zero attached hydrogens (tertiary/aromatic N) is 4. The highest BCUT2D eigenvalue weighted by atomic mass is 16.5. The van der Waals surface area contributed by atoms with Gasteiger partial charge in [-0.25, -0.2) is 4.68 Å². The number of aryl methyl sites for hydroxylation is 1. The summed E-state index contributed by atoms with van der Waals surface area (Å²) >= 11 is 0. The fraction of sp³-hybridized carbons (Fsp3) is 0.500. The molecule has 0 bridgehead atoms. The molecule has 0 fully saturated rings. The van der Waals surface area contributed by atoms with E-state index < -0.39 is 0 Å². The van der Waals surface area contributed by atoms with Crippen LogP contribution in [0.25, 0.3) is 5.76 Å². The maximum Gasteiger partial charge on any atom is 0.216 e. The molecule has 0 spiro atoms. The van der Waals surface area contributed by atoms with Gasteiger partial charge in [-0.3, -0.25) is 0 Å². The monoisotopic (exact) mass is 152 g/mol. The first kappa shape index (κ1) is 6.33. The largest absolute Gasteiger partial charge is 0.490 e. The fourth-order valence-corrected chi connectivity index (χ4v) is 1.03. The maximum absolute atomic E-state index is 5.23. The first-order chi connectivity index (χ1) is 5.38. The Morgan fingerprint density at radius 3 is 3.36 bits per heavy atom. The van der Waals surface area contributed by atoms with E-state index in [2.05, 4.69) is 22.1 Å². The van der Waals surface area contributed by atoms with Crippen LogP contribution < -0.4 is 0 Å². The second-order valence-electron chi connectivity index (χ2n) is 2.35. The third-order valence-electron chi connectivity index (χ3n) is 1.57. The van der Waals surface area contributed by atoms with Crippen LogP contribution in [0.4, 0.5) is 0 Å². The van der Waals surface area contributed by atoms with Gasteiger partial charge in [0.1, 0.15) is 0 Å². The Morgan fingerprint density at radius 1 is 1.55 bits per heavy atom. The van der Waals surface area contributed by atoms with E-state index in [0.29, 0.717) is 18.2 Å². The van der Waals surface area contributed by atoms with E-state index in [9.17, 15) is 0 Å². The predicted molar refractivity (Wildman–Crippen MR) is 37.4 cm³/mol. The molecule has 0 unspecified atom stereocenters. The van der Waals surface area contributed by atoms with Crippen molar-refractivity contribution < 1.29 is 4.74 Å². The highest BCUT2D eigenvalue weighted by Crippen LogP contribution is 2.13. The minimum atomic E-state index is 0.562. The topological polar surface area (TPSA) is 52.8 Å². The Kier molecular flexibility index (Phi) is 1.34. The molecule has 0 N–H and O–H groups in total. The van der Waals surface area contributed by atoms with Gasteiger partial charge in [0.05, 0.1) is 6.61 Å². The van der Waals surface area contributed by atoms with Gasteiger partial charge in [0.2, 0.25) is 5.82 Å². The Bertz CT molecular complexity index is 280. The van der Waals surface area contributed by atoms with Gasteiger partial charge in [-0.1, -0.05) is 6.58 Å². The molecule has 11 heavy (non-hydrogen) atoms. The molecule has 0 saturated heterocycles. The lowest BCUT2D eigenvalue weighted by molar-refractivity contribution is 0.274. The third-order valence-corrected chi connectivity index (χ3v) is 1.57. The molecule has 5 nitrogen and oxygen atoms in total. The van der Waals surface area contributed by atoms with Crippen molar-refractivity contribution in [3.63, 3.8) is 0 Å². The zero-order valence-corrected chi connectivity index (χ0v) is 6.03. The molecule has 1 aromatic rings. The van der Waals surface area contributed by atoms with E-state index >= 15 is 0 Å². The Balaban J connectivity index is 2.41. The molecular weight excluding hydrogens is 144 g/mol. The number of tetrazole rings is 1. The molecule has 1 aromatic heterocycles. The first-order valence-electron chi connectivity index (χ1n) is 3.46. The molecule has 58 valence electrons. The van der Waals surface area contributed by atoms with E-state index in [1.165, 1.54) is 0 Å². The predicted octanol–water partition coefficient (Wildman–Crippen LogP) is 0.0641. The van der Waals surface area contributed by atoms with Crippen LogP contribution in [0.1, 0.15) is 12.2 Å². The Labute approximate surface area is 63.7 Å².